The van der Waals surface area contributed by atoms with Gasteiger partial charge in [-0.1, -0.05) is 28.1 Å². The summed E-state index contributed by atoms with van der Waals surface area (Å²) in [5.41, 5.74) is 7.05. The quantitative estimate of drug-likeness (QED) is 0.881. The zero-order chi connectivity index (χ0) is 9.26. The average Bonchev–Trinajstić information content (AvgIpc) is 2.02. The maximum Gasteiger partial charge on any atom is 0.0178 e. The third kappa shape index (κ3) is 2.50. The molecule has 0 amide bonds. The third-order valence-corrected chi connectivity index (χ3v) is 3.38. The normalized spacial score (nSPS) is 25.0. The van der Waals surface area contributed by atoms with Crippen molar-refractivity contribution in [3.63, 3.8) is 0 Å². The highest BCUT2D eigenvalue weighted by Gasteiger charge is 2.28. The van der Waals surface area contributed by atoms with Crippen LogP contribution in [0.4, 0.5) is 0 Å². The van der Waals surface area contributed by atoms with Crippen LogP contribution in [0.3, 0.4) is 0 Å². The lowest BCUT2D eigenvalue weighted by molar-refractivity contribution is 0.272. The van der Waals surface area contributed by atoms with E-state index in [0.29, 0.717) is 0 Å². The molecule has 0 unspecified atom stereocenters. The van der Waals surface area contributed by atoms with Gasteiger partial charge in [-0.05, 0) is 48.9 Å². The van der Waals surface area contributed by atoms with Crippen LogP contribution in [0.25, 0.3) is 0 Å². The molecule has 1 aromatic rings. The van der Waals surface area contributed by atoms with Gasteiger partial charge in [0.25, 0.3) is 0 Å². The van der Waals surface area contributed by atoms with Crippen molar-refractivity contribution in [2.24, 2.45) is 11.7 Å². The molecule has 1 aliphatic carbocycles. The fraction of sp³-hybridized carbons (Fsp3) is 0.455. The summed E-state index contributed by atoms with van der Waals surface area (Å²) in [5, 5.41) is 0. The smallest absolute Gasteiger partial charge is 0.0178 e. The molecule has 1 aromatic carbocycles. The molecule has 1 fully saturated rings. The molecule has 0 aliphatic heterocycles. The second-order valence-electron chi connectivity index (χ2n) is 3.83. The molecule has 0 heterocycles. The van der Waals surface area contributed by atoms with Gasteiger partial charge in [0.15, 0.2) is 0 Å². The summed E-state index contributed by atoms with van der Waals surface area (Å²) in [6.07, 6.45) is 2.54. The fourth-order valence-electron chi connectivity index (χ4n) is 1.96. The first-order valence-electron chi connectivity index (χ1n) is 4.75. The standard InChI is InChI=1S/C11H14BrN.ClH/c12-11-3-1-2-9(6-11)10-4-8(5-10)7-13;/h1-3,6,8,10H,4-5,7,13H2;1H. The first-order valence-corrected chi connectivity index (χ1v) is 5.54. The van der Waals surface area contributed by atoms with Gasteiger partial charge < -0.3 is 5.73 Å². The van der Waals surface area contributed by atoms with Crippen LogP contribution in [0.15, 0.2) is 28.7 Å². The largest absolute Gasteiger partial charge is 0.330 e. The van der Waals surface area contributed by atoms with Crippen molar-refractivity contribution in [3.05, 3.63) is 34.3 Å². The van der Waals surface area contributed by atoms with Crippen LogP contribution in [-0.2, 0) is 0 Å². The van der Waals surface area contributed by atoms with Crippen molar-refractivity contribution in [3.8, 4) is 0 Å². The molecule has 1 nitrogen and oxygen atoms in total. The predicted octanol–water partition coefficient (Wildman–Crippen LogP) is 3.32. The maximum atomic E-state index is 5.59. The zero-order valence-electron chi connectivity index (χ0n) is 7.95. The highest BCUT2D eigenvalue weighted by molar-refractivity contribution is 9.10. The minimum Gasteiger partial charge on any atom is -0.330 e. The van der Waals surface area contributed by atoms with Gasteiger partial charge in [-0.15, -0.1) is 12.4 Å². The van der Waals surface area contributed by atoms with Gasteiger partial charge in [0.05, 0.1) is 0 Å². The van der Waals surface area contributed by atoms with E-state index in [9.17, 15) is 0 Å². The summed E-state index contributed by atoms with van der Waals surface area (Å²) in [7, 11) is 0. The van der Waals surface area contributed by atoms with Crippen LogP contribution in [0.5, 0.6) is 0 Å². The first-order chi connectivity index (χ1) is 6.29. The molecule has 0 saturated heterocycles. The molecule has 0 spiro atoms. The van der Waals surface area contributed by atoms with Crippen LogP contribution in [0, 0.1) is 5.92 Å². The van der Waals surface area contributed by atoms with Gasteiger partial charge in [0, 0.05) is 4.47 Å². The van der Waals surface area contributed by atoms with Crippen LogP contribution in [0.2, 0.25) is 0 Å². The van der Waals surface area contributed by atoms with Crippen molar-refractivity contribution in [1.82, 2.24) is 0 Å². The van der Waals surface area contributed by atoms with Gasteiger partial charge in [-0.25, -0.2) is 0 Å². The fourth-order valence-corrected chi connectivity index (χ4v) is 2.38. The summed E-state index contributed by atoms with van der Waals surface area (Å²) in [6, 6.07) is 8.61. The Morgan fingerprint density at radius 2 is 2.07 bits per heavy atom. The number of benzene rings is 1. The summed E-state index contributed by atoms with van der Waals surface area (Å²) in [6.45, 7) is 0.852. The lowest BCUT2D eigenvalue weighted by atomic mass is 9.71. The summed E-state index contributed by atoms with van der Waals surface area (Å²) >= 11 is 3.49. The van der Waals surface area contributed by atoms with Gasteiger partial charge in [0.2, 0.25) is 0 Å². The van der Waals surface area contributed by atoms with E-state index in [4.69, 9.17) is 5.73 Å². The molecule has 2 rings (SSSR count). The van der Waals surface area contributed by atoms with Crippen LogP contribution in [0.1, 0.15) is 24.3 Å². The number of nitrogens with two attached hydrogens (primary N) is 1. The van der Waals surface area contributed by atoms with E-state index < -0.39 is 0 Å². The Morgan fingerprint density at radius 3 is 2.64 bits per heavy atom. The number of rotatable bonds is 2. The van der Waals surface area contributed by atoms with Gasteiger partial charge in [-0.3, -0.25) is 0 Å². The zero-order valence-corrected chi connectivity index (χ0v) is 10.4. The summed E-state index contributed by atoms with van der Waals surface area (Å²) in [4.78, 5) is 0. The summed E-state index contributed by atoms with van der Waals surface area (Å²) in [5.74, 6) is 1.52. The van der Waals surface area contributed by atoms with Crippen molar-refractivity contribution < 1.29 is 0 Å². The molecule has 1 saturated carbocycles. The molecule has 0 bridgehead atoms. The minimum absolute atomic E-state index is 0. The Balaban J connectivity index is 0.000000980. The molecule has 1 aliphatic rings. The van der Waals surface area contributed by atoms with Crippen molar-refractivity contribution in [2.45, 2.75) is 18.8 Å². The monoisotopic (exact) mass is 275 g/mol. The molecule has 0 aromatic heterocycles. The Morgan fingerprint density at radius 1 is 1.36 bits per heavy atom. The minimum atomic E-state index is 0. The van der Waals surface area contributed by atoms with E-state index in [-0.39, 0.29) is 12.4 Å². The van der Waals surface area contributed by atoms with E-state index in [2.05, 4.69) is 40.2 Å². The van der Waals surface area contributed by atoms with E-state index in [1.807, 2.05) is 0 Å². The Bertz CT molecular complexity index is 297. The van der Waals surface area contributed by atoms with Gasteiger partial charge in [-0.2, -0.15) is 0 Å². The second kappa shape index (κ2) is 5.15. The highest BCUT2D eigenvalue weighted by atomic mass is 79.9. The van der Waals surface area contributed by atoms with E-state index in [1.54, 1.807) is 0 Å². The molecule has 78 valence electrons. The molecular weight excluding hydrogens is 261 g/mol. The SMILES string of the molecule is Cl.NCC1CC(c2cccc(Br)c2)C1. The molecule has 0 radical (unpaired) electrons. The van der Waals surface area contributed by atoms with E-state index in [0.717, 1.165) is 18.4 Å². The lowest BCUT2D eigenvalue weighted by Gasteiger charge is -2.34. The highest BCUT2D eigenvalue weighted by Crippen LogP contribution is 2.41. The topological polar surface area (TPSA) is 26.0 Å². The van der Waals surface area contributed by atoms with Crippen LogP contribution < -0.4 is 5.73 Å². The molecule has 2 N–H and O–H groups in total. The van der Waals surface area contributed by atoms with Crippen molar-refractivity contribution in [1.29, 1.82) is 0 Å². The van der Waals surface area contributed by atoms with Crippen molar-refractivity contribution >= 4 is 28.3 Å². The van der Waals surface area contributed by atoms with Crippen molar-refractivity contribution in [2.75, 3.05) is 6.54 Å². The van der Waals surface area contributed by atoms with Crippen LogP contribution >= 0.6 is 28.3 Å². The predicted molar refractivity (Wildman–Crippen MR) is 65.9 cm³/mol. The molecular formula is C11H15BrClN. The molecule has 0 atom stereocenters. The number of hydrogen-bond donors (Lipinski definition) is 1. The summed E-state index contributed by atoms with van der Waals surface area (Å²) < 4.78 is 1.18. The third-order valence-electron chi connectivity index (χ3n) is 2.89. The number of hydrogen-bond acceptors (Lipinski definition) is 1. The first kappa shape index (κ1) is 12.0. The van der Waals surface area contributed by atoms with Gasteiger partial charge >= 0.3 is 0 Å². The van der Waals surface area contributed by atoms with Crippen LogP contribution in [-0.4, -0.2) is 6.54 Å². The number of halogens is 2. The second-order valence-corrected chi connectivity index (χ2v) is 4.74. The van der Waals surface area contributed by atoms with E-state index in [1.165, 1.54) is 22.9 Å². The lowest BCUT2D eigenvalue weighted by Crippen LogP contribution is -2.28. The average molecular weight is 277 g/mol. The maximum absolute atomic E-state index is 5.59. The Hall–Kier alpha value is -0.0500. The Labute approximate surface area is 99.6 Å². The van der Waals surface area contributed by atoms with E-state index >= 15 is 0 Å². The molecule has 14 heavy (non-hydrogen) atoms. The molecule has 3 heteroatoms. The Kier molecular flexibility index (Phi) is 4.42. The van der Waals surface area contributed by atoms with Gasteiger partial charge in [0.1, 0.15) is 0 Å².